The Labute approximate surface area is 501 Å². The number of carbonyl (C=O) groups is 2. The van der Waals surface area contributed by atoms with Crippen LogP contribution in [0.3, 0.4) is 0 Å². The number of ether oxygens (including phenoxy) is 1. The zero-order valence-corrected chi connectivity index (χ0v) is 54.6. The number of amides is 1. The second-order valence-electron chi connectivity index (χ2n) is 23.9. The molecule has 0 bridgehead atoms. The minimum atomic E-state index is -4.71. The molecule has 1 amide bonds. The number of carbonyl (C=O) groups excluding carboxylic acids is 2. The summed E-state index contributed by atoms with van der Waals surface area (Å²) < 4.78 is 30.4. The van der Waals surface area contributed by atoms with Crippen molar-refractivity contribution in [2.45, 2.75) is 315 Å². The van der Waals surface area contributed by atoms with Crippen LogP contribution in [0.15, 0.2) is 85.1 Å². The largest absolute Gasteiger partial charge is 0.756 e. The number of nitrogens with zero attached hydrogens (tertiary/aromatic N) is 1. The Bertz CT molecular complexity index is 1660. The molecule has 0 aliphatic rings. The average molecular weight is 1150 g/mol. The standard InChI is InChI=1S/C71H129N2O7P/c1-7-10-13-16-19-22-25-27-29-31-33-35-36-38-40-42-44-46-49-52-55-58-61-64-71(75)80-69(62-59-56-53-50-47-24-21-18-15-12-9-3)68(67-79-81(76,77)78-66-65-73(4,5)6)72-70(74)63-60-57-54-51-48-45-43-41-39-37-34-32-30-28-26-23-20-17-14-11-8-2/h10,13,19,22,27-30,33,35,38,40,59,62,68-69H,7-9,11-12,14-18,20-21,23-26,31-32,34,36-37,39,41-58,60-61,63-67H2,1-6H3,(H-,72,74,76,77)/b13-10-,22-19-,29-27-,30-28+,35-33-,40-38-,62-59+. The van der Waals surface area contributed by atoms with Crippen molar-refractivity contribution < 1.29 is 37.3 Å². The first-order chi connectivity index (χ1) is 39.4. The van der Waals surface area contributed by atoms with E-state index in [2.05, 4.69) is 99.0 Å². The van der Waals surface area contributed by atoms with Gasteiger partial charge in [-0.15, -0.1) is 0 Å². The molecule has 3 atom stereocenters. The van der Waals surface area contributed by atoms with Gasteiger partial charge in [0, 0.05) is 12.8 Å². The molecule has 1 N–H and O–H groups in total. The third-order valence-electron chi connectivity index (χ3n) is 14.8. The highest BCUT2D eigenvalue weighted by molar-refractivity contribution is 7.45. The van der Waals surface area contributed by atoms with Gasteiger partial charge in [0.25, 0.3) is 7.82 Å². The molecule has 81 heavy (non-hydrogen) atoms. The molecule has 0 heterocycles. The van der Waals surface area contributed by atoms with Gasteiger partial charge in [-0.3, -0.25) is 14.2 Å². The van der Waals surface area contributed by atoms with Gasteiger partial charge in [0.1, 0.15) is 19.3 Å². The highest BCUT2D eigenvalue weighted by atomic mass is 31.2. The quantitative estimate of drug-likeness (QED) is 0.0212. The lowest BCUT2D eigenvalue weighted by Crippen LogP contribution is -2.47. The molecule has 0 aromatic carbocycles. The molecular formula is C71H129N2O7P. The van der Waals surface area contributed by atoms with Crippen molar-refractivity contribution >= 4 is 19.7 Å². The summed E-state index contributed by atoms with van der Waals surface area (Å²) in [6.45, 7) is 6.73. The van der Waals surface area contributed by atoms with Gasteiger partial charge in [-0.2, -0.15) is 0 Å². The molecule has 470 valence electrons. The van der Waals surface area contributed by atoms with E-state index >= 15 is 0 Å². The molecular weight excluding hydrogens is 1020 g/mol. The minimum absolute atomic E-state index is 0.0268. The Morgan fingerprint density at radius 2 is 0.790 bits per heavy atom. The molecule has 0 aliphatic carbocycles. The lowest BCUT2D eigenvalue weighted by Gasteiger charge is -2.30. The topological polar surface area (TPSA) is 114 Å². The second kappa shape index (κ2) is 60.3. The van der Waals surface area contributed by atoms with Crippen LogP contribution >= 0.6 is 7.82 Å². The SMILES string of the molecule is CC/C=C\C/C=C\C/C=C\C/C=C\C/C=C\CCCCCCCCCC(=O)OC(/C=C/CCCCCCCCCCC)C(COP(=O)([O-])OCC[N+](C)(C)C)NC(=O)CCCCCCCCCCCCC/C=C/CCCCCCCC. The third-order valence-corrected chi connectivity index (χ3v) is 15.8. The van der Waals surface area contributed by atoms with E-state index in [1.807, 2.05) is 33.3 Å². The first kappa shape index (κ1) is 78.2. The molecule has 0 rings (SSSR count). The number of allylic oxidation sites excluding steroid dienone is 13. The maximum atomic E-state index is 13.6. The average Bonchev–Trinajstić information content (AvgIpc) is 3.44. The van der Waals surface area contributed by atoms with Crippen molar-refractivity contribution in [2.24, 2.45) is 0 Å². The molecule has 0 saturated heterocycles. The van der Waals surface area contributed by atoms with Crippen molar-refractivity contribution in [3.8, 4) is 0 Å². The lowest BCUT2D eigenvalue weighted by atomic mass is 10.0. The Morgan fingerprint density at radius 3 is 1.20 bits per heavy atom. The van der Waals surface area contributed by atoms with Crippen molar-refractivity contribution in [3.05, 3.63) is 85.1 Å². The van der Waals surface area contributed by atoms with Crippen LogP contribution < -0.4 is 10.2 Å². The van der Waals surface area contributed by atoms with Crippen molar-refractivity contribution in [2.75, 3.05) is 40.9 Å². The molecule has 3 unspecified atom stereocenters. The van der Waals surface area contributed by atoms with Crippen LogP contribution in [0.2, 0.25) is 0 Å². The van der Waals surface area contributed by atoms with E-state index < -0.39 is 26.6 Å². The van der Waals surface area contributed by atoms with Crippen LogP contribution in [-0.2, 0) is 27.9 Å². The first-order valence-corrected chi connectivity index (χ1v) is 35.4. The first-order valence-electron chi connectivity index (χ1n) is 33.9. The van der Waals surface area contributed by atoms with Gasteiger partial charge in [0.15, 0.2) is 0 Å². The molecule has 0 radical (unpaired) electrons. The normalized spacial score (nSPS) is 14.1. The van der Waals surface area contributed by atoms with Gasteiger partial charge in [-0.05, 0) is 102 Å². The minimum Gasteiger partial charge on any atom is -0.756 e. The summed E-state index contributed by atoms with van der Waals surface area (Å²) in [4.78, 5) is 40.1. The molecule has 9 nitrogen and oxygen atoms in total. The maximum absolute atomic E-state index is 13.6. The van der Waals surface area contributed by atoms with Crippen LogP contribution in [-0.4, -0.2) is 69.4 Å². The zero-order valence-electron chi connectivity index (χ0n) is 53.7. The number of nitrogens with one attached hydrogen (secondary N) is 1. The number of phosphoric ester groups is 1. The van der Waals surface area contributed by atoms with Gasteiger partial charge >= 0.3 is 5.97 Å². The number of hydrogen-bond acceptors (Lipinski definition) is 7. The number of quaternary nitrogens is 1. The number of esters is 1. The van der Waals surface area contributed by atoms with Crippen LogP contribution in [0.1, 0.15) is 303 Å². The Balaban J connectivity index is 5.12. The molecule has 0 aromatic heterocycles. The molecule has 10 heteroatoms. The van der Waals surface area contributed by atoms with E-state index in [1.54, 1.807) is 0 Å². The van der Waals surface area contributed by atoms with Crippen molar-refractivity contribution in [1.29, 1.82) is 0 Å². The van der Waals surface area contributed by atoms with Crippen LogP contribution in [0.25, 0.3) is 0 Å². The van der Waals surface area contributed by atoms with Gasteiger partial charge < -0.3 is 28.5 Å². The van der Waals surface area contributed by atoms with E-state index in [0.29, 0.717) is 23.9 Å². The Morgan fingerprint density at radius 1 is 0.444 bits per heavy atom. The highest BCUT2D eigenvalue weighted by Gasteiger charge is 2.27. The summed E-state index contributed by atoms with van der Waals surface area (Å²) in [6, 6.07) is -0.897. The van der Waals surface area contributed by atoms with Crippen LogP contribution in [0.4, 0.5) is 0 Å². The predicted molar refractivity (Wildman–Crippen MR) is 348 cm³/mol. The van der Waals surface area contributed by atoms with Gasteiger partial charge in [-0.25, -0.2) is 0 Å². The number of unbranched alkanes of at least 4 members (excludes halogenated alkanes) is 33. The second-order valence-corrected chi connectivity index (χ2v) is 25.4. The molecule has 0 fully saturated rings. The summed E-state index contributed by atoms with van der Waals surface area (Å²) in [5, 5.41) is 3.03. The molecule has 0 aliphatic heterocycles. The van der Waals surface area contributed by atoms with E-state index in [0.717, 1.165) is 96.3 Å². The fourth-order valence-electron chi connectivity index (χ4n) is 9.60. The maximum Gasteiger partial charge on any atom is 0.306 e. The predicted octanol–water partition coefficient (Wildman–Crippen LogP) is 20.7. The summed E-state index contributed by atoms with van der Waals surface area (Å²) in [5.41, 5.74) is 0. The van der Waals surface area contributed by atoms with Crippen LogP contribution in [0.5, 0.6) is 0 Å². The summed E-state index contributed by atoms with van der Waals surface area (Å²) in [7, 11) is 1.18. The summed E-state index contributed by atoms with van der Waals surface area (Å²) in [6.07, 6.45) is 79.8. The van der Waals surface area contributed by atoms with E-state index in [-0.39, 0.29) is 24.9 Å². The zero-order chi connectivity index (χ0) is 59.3. The van der Waals surface area contributed by atoms with Gasteiger partial charge in [-0.1, -0.05) is 273 Å². The smallest absolute Gasteiger partial charge is 0.306 e. The van der Waals surface area contributed by atoms with E-state index in [1.165, 1.54) is 167 Å². The number of rotatable bonds is 61. The molecule has 0 spiro atoms. The lowest BCUT2D eigenvalue weighted by molar-refractivity contribution is -0.870. The molecule has 0 saturated carbocycles. The van der Waals surface area contributed by atoms with Crippen molar-refractivity contribution in [1.82, 2.24) is 5.32 Å². The fourth-order valence-corrected chi connectivity index (χ4v) is 10.3. The van der Waals surface area contributed by atoms with E-state index in [4.69, 9.17) is 13.8 Å². The summed E-state index contributed by atoms with van der Waals surface area (Å²) >= 11 is 0. The van der Waals surface area contributed by atoms with Crippen molar-refractivity contribution in [3.63, 3.8) is 0 Å². The third kappa shape index (κ3) is 61.6. The molecule has 0 aromatic rings. The monoisotopic (exact) mass is 1150 g/mol. The fraction of sp³-hybridized carbons (Fsp3) is 0.775. The van der Waals surface area contributed by atoms with Gasteiger partial charge in [0.05, 0.1) is 33.8 Å². The number of likely N-dealkylation sites (N-methyl/N-ethyl adjacent to an activating group) is 1. The number of phosphoric acid groups is 1. The van der Waals surface area contributed by atoms with E-state index in [9.17, 15) is 19.0 Å². The highest BCUT2D eigenvalue weighted by Crippen LogP contribution is 2.38. The van der Waals surface area contributed by atoms with Crippen LogP contribution in [0, 0.1) is 0 Å². The Kier molecular flexibility index (Phi) is 58.2. The Hall–Kier alpha value is -2.81. The summed E-state index contributed by atoms with van der Waals surface area (Å²) in [5.74, 6) is -0.551. The van der Waals surface area contributed by atoms with Gasteiger partial charge in [0.2, 0.25) is 5.91 Å². The number of hydrogen-bond donors (Lipinski definition) is 1.